The molecule has 0 saturated carbocycles. The molecule has 4 nitrogen and oxygen atoms in total. The van der Waals surface area contributed by atoms with Crippen molar-refractivity contribution in [3.63, 3.8) is 0 Å². The van der Waals surface area contributed by atoms with Gasteiger partial charge in [-0.3, -0.25) is 4.57 Å². The highest BCUT2D eigenvalue weighted by molar-refractivity contribution is 6.15. The highest BCUT2D eigenvalue weighted by atomic mass is 15.2. The first-order valence-electron chi connectivity index (χ1n) is 23.7. The van der Waals surface area contributed by atoms with Gasteiger partial charge in [0.25, 0.3) is 0 Å². The zero-order chi connectivity index (χ0) is 45.0. The van der Waals surface area contributed by atoms with Gasteiger partial charge < -0.3 is 4.57 Å². The van der Waals surface area contributed by atoms with Gasteiger partial charge in [0.15, 0.2) is 0 Å². The van der Waals surface area contributed by atoms with Crippen molar-refractivity contribution in [2.45, 2.75) is 51.4 Å². The first-order chi connectivity index (χ1) is 32.6. The first-order valence-corrected chi connectivity index (χ1v) is 23.7. The molecule has 3 aliphatic rings. The molecule has 3 aliphatic carbocycles. The van der Waals surface area contributed by atoms with Crippen LogP contribution in [0.5, 0.6) is 0 Å². The molecule has 0 bridgehead atoms. The Morgan fingerprint density at radius 2 is 1.12 bits per heavy atom. The second-order valence-corrected chi connectivity index (χ2v) is 20.3. The van der Waals surface area contributed by atoms with Crippen LogP contribution in [-0.2, 0) is 10.8 Å². The van der Waals surface area contributed by atoms with Crippen LogP contribution in [0.4, 0.5) is 0 Å². The summed E-state index contributed by atoms with van der Waals surface area (Å²) < 4.78 is 4.71. The highest BCUT2D eigenvalue weighted by Crippen LogP contribution is 2.66. The Hall–Kier alpha value is -7.82. The molecule has 0 fully saturated rings. The van der Waals surface area contributed by atoms with Crippen molar-refractivity contribution in [2.24, 2.45) is 5.41 Å². The van der Waals surface area contributed by atoms with Gasteiger partial charge in [-0.2, -0.15) is 0 Å². The number of hydrogen-bond acceptors (Lipinski definition) is 2. The standard InChI is InChI=1S/C63H48N4/c1-61(2)49-22-11-6-17-41(49)44-34-36-56-57(58(44)61)47-37-39(48-24-16-25-51-45-20-7-12-23-50(45)62(3,4)63(48,51)5)31-35-55(47)67(56)60-64-52-26-13-8-21-46(52)59(65-60)38-29-32-40(33-30-38)66-53-27-14-9-18-42(53)43-19-10-15-28-54(43)66/h6-37,51H,1-5H3. The van der Waals surface area contributed by atoms with Gasteiger partial charge in [0.1, 0.15) is 0 Å². The molecule has 2 atom stereocenters. The molecule has 0 amide bonds. The van der Waals surface area contributed by atoms with E-state index in [1.54, 1.807) is 0 Å². The summed E-state index contributed by atoms with van der Waals surface area (Å²) in [6.07, 6.45) is 7.12. The molecular formula is C63H48N4. The van der Waals surface area contributed by atoms with E-state index in [0.717, 1.165) is 38.9 Å². The van der Waals surface area contributed by atoms with Crippen LogP contribution in [0.2, 0.25) is 0 Å². The maximum Gasteiger partial charge on any atom is 0.235 e. The number of allylic oxidation sites excluding steroid dienone is 4. The Labute approximate surface area is 390 Å². The van der Waals surface area contributed by atoms with E-state index < -0.39 is 0 Å². The van der Waals surface area contributed by atoms with E-state index in [0.29, 0.717) is 5.95 Å². The Kier molecular flexibility index (Phi) is 7.69. The minimum Gasteiger partial charge on any atom is -0.309 e. The van der Waals surface area contributed by atoms with Gasteiger partial charge >= 0.3 is 0 Å². The monoisotopic (exact) mass is 860 g/mol. The Morgan fingerprint density at radius 1 is 0.493 bits per heavy atom. The first kappa shape index (κ1) is 38.4. The molecule has 0 aliphatic heterocycles. The van der Waals surface area contributed by atoms with Crippen LogP contribution in [0.3, 0.4) is 0 Å². The molecule has 0 saturated heterocycles. The molecule has 0 spiro atoms. The zero-order valence-electron chi connectivity index (χ0n) is 38.3. The quantitative estimate of drug-likeness (QED) is 0.177. The number of para-hydroxylation sites is 3. The fraction of sp³-hybridized carbons (Fsp3) is 0.143. The fourth-order valence-corrected chi connectivity index (χ4v) is 13.1. The van der Waals surface area contributed by atoms with Crippen molar-refractivity contribution in [3.05, 3.63) is 222 Å². The molecule has 11 aromatic rings. The summed E-state index contributed by atoms with van der Waals surface area (Å²) in [6.45, 7) is 12.2. The molecule has 0 radical (unpaired) electrons. The molecule has 0 N–H and O–H groups in total. The fourth-order valence-electron chi connectivity index (χ4n) is 13.1. The van der Waals surface area contributed by atoms with Crippen LogP contribution < -0.4 is 0 Å². The predicted octanol–water partition coefficient (Wildman–Crippen LogP) is 15.8. The third-order valence-electron chi connectivity index (χ3n) is 16.5. The summed E-state index contributed by atoms with van der Waals surface area (Å²) in [5.74, 6) is 0.953. The number of hydrogen-bond donors (Lipinski definition) is 0. The van der Waals surface area contributed by atoms with Crippen molar-refractivity contribution in [3.8, 4) is 34.0 Å². The van der Waals surface area contributed by atoms with E-state index in [1.807, 2.05) is 0 Å². The zero-order valence-corrected chi connectivity index (χ0v) is 38.3. The number of fused-ring (bicyclic) bond motifs is 14. The van der Waals surface area contributed by atoms with Crippen LogP contribution in [0.25, 0.3) is 94.1 Å². The summed E-state index contributed by atoms with van der Waals surface area (Å²) >= 11 is 0. The minimum atomic E-state index is -0.229. The van der Waals surface area contributed by atoms with Gasteiger partial charge in [-0.15, -0.1) is 0 Å². The third-order valence-corrected chi connectivity index (χ3v) is 16.5. The molecule has 8 aromatic carbocycles. The molecule has 14 rings (SSSR count). The van der Waals surface area contributed by atoms with E-state index in [4.69, 9.17) is 9.97 Å². The lowest BCUT2D eigenvalue weighted by Gasteiger charge is -2.46. The molecule has 4 heteroatoms. The van der Waals surface area contributed by atoms with Gasteiger partial charge in [0.05, 0.1) is 33.3 Å². The molecular weight excluding hydrogens is 813 g/mol. The maximum atomic E-state index is 5.61. The van der Waals surface area contributed by atoms with Gasteiger partial charge in [-0.05, 0) is 93.0 Å². The summed E-state index contributed by atoms with van der Waals surface area (Å²) in [5.41, 5.74) is 19.0. The molecule has 2 unspecified atom stereocenters. The average molecular weight is 861 g/mol. The molecule has 3 heterocycles. The van der Waals surface area contributed by atoms with Crippen molar-refractivity contribution >= 4 is 60.1 Å². The van der Waals surface area contributed by atoms with E-state index >= 15 is 0 Å². The third kappa shape index (κ3) is 4.97. The van der Waals surface area contributed by atoms with Crippen LogP contribution >= 0.6 is 0 Å². The van der Waals surface area contributed by atoms with Crippen LogP contribution in [0.15, 0.2) is 194 Å². The Bertz CT molecular complexity index is 3950. The highest BCUT2D eigenvalue weighted by Gasteiger charge is 2.57. The van der Waals surface area contributed by atoms with Crippen molar-refractivity contribution in [1.82, 2.24) is 19.1 Å². The predicted molar refractivity (Wildman–Crippen MR) is 279 cm³/mol. The van der Waals surface area contributed by atoms with Crippen LogP contribution in [0, 0.1) is 5.41 Å². The Balaban J connectivity index is 0.992. The van der Waals surface area contributed by atoms with Crippen LogP contribution in [-0.4, -0.2) is 19.1 Å². The van der Waals surface area contributed by atoms with Gasteiger partial charge in [0.2, 0.25) is 5.95 Å². The van der Waals surface area contributed by atoms with Crippen LogP contribution in [0.1, 0.15) is 68.4 Å². The normalized spacial score (nSPS) is 18.7. The second kappa shape index (κ2) is 13.4. The summed E-state index contributed by atoms with van der Waals surface area (Å²) in [6, 6.07) is 64.7. The Morgan fingerprint density at radius 3 is 1.90 bits per heavy atom. The number of aromatic nitrogens is 4. The lowest BCUT2D eigenvalue weighted by molar-refractivity contribution is 0.259. The molecule has 3 aromatic heterocycles. The topological polar surface area (TPSA) is 35.6 Å². The SMILES string of the molecule is CC1(C)c2ccccc2-c2ccc3c(c21)c1cc(C2=CC=CC4c5ccccc5C(C)(C)C24C)ccc1n3-c1nc(-c2ccc(-n3c4ccccc4c4ccccc43)cc2)c2ccccc2n1. The molecule has 320 valence electrons. The van der Waals surface area contributed by atoms with E-state index in [9.17, 15) is 0 Å². The number of nitrogens with zero attached hydrogens (tertiary/aromatic N) is 4. The minimum absolute atomic E-state index is 0.0876. The van der Waals surface area contributed by atoms with Crippen molar-refractivity contribution in [1.29, 1.82) is 0 Å². The van der Waals surface area contributed by atoms with Gasteiger partial charge in [-0.25, -0.2) is 9.97 Å². The lowest BCUT2D eigenvalue weighted by atomic mass is 9.57. The number of rotatable bonds is 4. The van der Waals surface area contributed by atoms with E-state index in [1.165, 1.54) is 77.1 Å². The molecule has 67 heavy (non-hydrogen) atoms. The van der Waals surface area contributed by atoms with Crippen molar-refractivity contribution in [2.75, 3.05) is 0 Å². The summed E-state index contributed by atoms with van der Waals surface area (Å²) in [4.78, 5) is 11.0. The van der Waals surface area contributed by atoms with Crippen molar-refractivity contribution < 1.29 is 0 Å². The summed E-state index contributed by atoms with van der Waals surface area (Å²) in [5, 5.41) is 6.03. The summed E-state index contributed by atoms with van der Waals surface area (Å²) in [7, 11) is 0. The second-order valence-electron chi connectivity index (χ2n) is 20.3. The van der Waals surface area contributed by atoms with Gasteiger partial charge in [0, 0.05) is 60.3 Å². The van der Waals surface area contributed by atoms with Gasteiger partial charge in [-0.1, -0.05) is 180 Å². The maximum absolute atomic E-state index is 5.61. The lowest BCUT2D eigenvalue weighted by Crippen LogP contribution is -2.39. The average Bonchev–Trinajstić information content (AvgIpc) is 4.01. The van der Waals surface area contributed by atoms with E-state index in [-0.39, 0.29) is 22.2 Å². The smallest absolute Gasteiger partial charge is 0.235 e. The number of benzene rings is 8. The van der Waals surface area contributed by atoms with E-state index in [2.05, 4.69) is 238 Å². The largest absolute Gasteiger partial charge is 0.309 e.